The lowest BCUT2D eigenvalue weighted by molar-refractivity contribution is -0.127. The monoisotopic (exact) mass is 305 g/mol. The van der Waals surface area contributed by atoms with Crippen LogP contribution in [0.5, 0.6) is 0 Å². The minimum atomic E-state index is -2.90. The molecule has 0 bridgehead atoms. The van der Waals surface area contributed by atoms with E-state index < -0.39 is 30.2 Å². The number of alkyl halides is 2. The highest BCUT2D eigenvalue weighted by molar-refractivity contribution is 5.68. The van der Waals surface area contributed by atoms with Gasteiger partial charge in [-0.3, -0.25) is 4.90 Å². The Labute approximate surface area is 124 Å². The molecule has 7 heteroatoms. The van der Waals surface area contributed by atoms with E-state index in [9.17, 15) is 13.6 Å². The van der Waals surface area contributed by atoms with Crippen molar-refractivity contribution in [1.29, 1.82) is 0 Å². The summed E-state index contributed by atoms with van der Waals surface area (Å²) in [5.74, 6) is -2.90. The summed E-state index contributed by atoms with van der Waals surface area (Å²) in [7, 11) is 0. The lowest BCUT2D eigenvalue weighted by Crippen LogP contribution is -2.62. The Morgan fingerprint density at radius 3 is 2.38 bits per heavy atom. The summed E-state index contributed by atoms with van der Waals surface area (Å²) in [5.41, 5.74) is -0.665. The number of amides is 1. The number of likely N-dealkylation sites (tertiary alicyclic amines) is 1. The number of hydrogen-bond donors (Lipinski definition) is 1. The molecule has 122 valence electrons. The van der Waals surface area contributed by atoms with E-state index in [1.807, 2.05) is 4.90 Å². The number of piperidine rings is 1. The summed E-state index contributed by atoms with van der Waals surface area (Å²) in [4.78, 5) is 14.9. The fourth-order valence-corrected chi connectivity index (χ4v) is 2.85. The molecule has 2 aliphatic heterocycles. The number of hydrogen-bond acceptors (Lipinski definition) is 4. The lowest BCUT2D eigenvalue weighted by atomic mass is 9.98. The first-order valence-corrected chi connectivity index (χ1v) is 7.49. The number of ether oxygens (including phenoxy) is 1. The Morgan fingerprint density at radius 1 is 1.24 bits per heavy atom. The maximum absolute atomic E-state index is 14.4. The van der Waals surface area contributed by atoms with Crippen LogP contribution in [0, 0.1) is 0 Å². The molecule has 2 heterocycles. The molecular formula is C14H25F2N3O2. The van der Waals surface area contributed by atoms with E-state index in [1.54, 1.807) is 20.8 Å². The van der Waals surface area contributed by atoms with Crippen LogP contribution in [-0.2, 0) is 4.74 Å². The van der Waals surface area contributed by atoms with Crippen LogP contribution in [0.4, 0.5) is 13.6 Å². The number of piperazine rings is 1. The first-order chi connectivity index (χ1) is 9.69. The summed E-state index contributed by atoms with van der Waals surface area (Å²) in [6.45, 7) is 7.70. The SMILES string of the molecule is CC(C)(C)OC(=O)N1CCC(N2CCNCC2)C(F)(F)C1. The smallest absolute Gasteiger partial charge is 0.410 e. The molecule has 21 heavy (non-hydrogen) atoms. The van der Waals surface area contributed by atoms with E-state index in [0.29, 0.717) is 19.6 Å². The van der Waals surface area contributed by atoms with E-state index >= 15 is 0 Å². The van der Waals surface area contributed by atoms with Gasteiger partial charge in [-0.25, -0.2) is 13.6 Å². The fraction of sp³-hybridized carbons (Fsp3) is 0.929. The number of carbonyl (C=O) groups excluding carboxylic acids is 1. The van der Waals surface area contributed by atoms with Crippen molar-refractivity contribution in [1.82, 2.24) is 15.1 Å². The van der Waals surface area contributed by atoms with Crippen LogP contribution in [-0.4, -0.2) is 72.7 Å². The molecule has 1 amide bonds. The summed E-state index contributed by atoms with van der Waals surface area (Å²) in [6.07, 6.45) is -0.368. The highest BCUT2D eigenvalue weighted by atomic mass is 19.3. The Kier molecular flexibility index (Phi) is 4.72. The first kappa shape index (κ1) is 16.4. The number of nitrogens with zero attached hydrogens (tertiary/aromatic N) is 2. The van der Waals surface area contributed by atoms with Crippen LogP contribution in [0.25, 0.3) is 0 Å². The van der Waals surface area contributed by atoms with Gasteiger partial charge in [0.25, 0.3) is 5.92 Å². The summed E-state index contributed by atoms with van der Waals surface area (Å²) in [6, 6.07) is -0.779. The van der Waals surface area contributed by atoms with E-state index in [2.05, 4.69) is 5.32 Å². The average Bonchev–Trinajstić information content (AvgIpc) is 2.36. The maximum Gasteiger partial charge on any atom is 0.410 e. The van der Waals surface area contributed by atoms with Crippen molar-refractivity contribution in [3.63, 3.8) is 0 Å². The van der Waals surface area contributed by atoms with Crippen molar-refractivity contribution in [3.05, 3.63) is 0 Å². The third kappa shape index (κ3) is 4.26. The Bertz CT molecular complexity index is 379. The maximum atomic E-state index is 14.4. The zero-order chi connectivity index (χ0) is 15.7. The van der Waals surface area contributed by atoms with Gasteiger partial charge in [0.1, 0.15) is 5.60 Å². The van der Waals surface area contributed by atoms with Gasteiger partial charge in [0, 0.05) is 32.7 Å². The van der Waals surface area contributed by atoms with Gasteiger partial charge in [-0.1, -0.05) is 0 Å². The van der Waals surface area contributed by atoms with Crippen LogP contribution in [0.1, 0.15) is 27.2 Å². The molecule has 0 aromatic heterocycles. The minimum Gasteiger partial charge on any atom is -0.444 e. The predicted octanol–water partition coefficient (Wildman–Crippen LogP) is 1.54. The van der Waals surface area contributed by atoms with E-state index in [1.165, 1.54) is 0 Å². The molecule has 1 N–H and O–H groups in total. The molecular weight excluding hydrogens is 280 g/mol. The molecule has 0 spiro atoms. The van der Waals surface area contributed by atoms with E-state index in [0.717, 1.165) is 18.0 Å². The Hall–Kier alpha value is -0.950. The van der Waals surface area contributed by atoms with Crippen LogP contribution < -0.4 is 5.32 Å². The van der Waals surface area contributed by atoms with Crippen LogP contribution in [0.2, 0.25) is 0 Å². The summed E-state index contributed by atoms with van der Waals surface area (Å²) in [5, 5.41) is 3.16. The van der Waals surface area contributed by atoms with Gasteiger partial charge in [-0.15, -0.1) is 0 Å². The van der Waals surface area contributed by atoms with Crippen LogP contribution in [0.3, 0.4) is 0 Å². The topological polar surface area (TPSA) is 44.8 Å². The molecule has 0 saturated carbocycles. The molecule has 1 atom stereocenters. The van der Waals surface area contributed by atoms with E-state index in [4.69, 9.17) is 4.74 Å². The zero-order valence-corrected chi connectivity index (χ0v) is 13.0. The molecule has 0 radical (unpaired) electrons. The quantitative estimate of drug-likeness (QED) is 0.798. The van der Waals surface area contributed by atoms with Crippen molar-refractivity contribution in [2.75, 3.05) is 39.3 Å². The molecule has 2 saturated heterocycles. The summed E-state index contributed by atoms with van der Waals surface area (Å²) >= 11 is 0. The second-order valence-corrected chi connectivity index (χ2v) is 6.75. The van der Waals surface area contributed by atoms with E-state index in [-0.39, 0.29) is 6.42 Å². The molecule has 2 aliphatic rings. The zero-order valence-electron chi connectivity index (χ0n) is 13.0. The number of carbonyl (C=O) groups is 1. The second kappa shape index (κ2) is 6.04. The second-order valence-electron chi connectivity index (χ2n) is 6.75. The van der Waals surface area contributed by atoms with Crippen molar-refractivity contribution < 1.29 is 18.3 Å². The van der Waals surface area contributed by atoms with Crippen molar-refractivity contribution >= 4 is 6.09 Å². The molecule has 0 aromatic rings. The van der Waals surface area contributed by atoms with Crippen molar-refractivity contribution in [2.24, 2.45) is 0 Å². The molecule has 2 fully saturated rings. The number of nitrogens with one attached hydrogen (secondary N) is 1. The highest BCUT2D eigenvalue weighted by Gasteiger charge is 2.49. The molecule has 1 unspecified atom stereocenters. The Morgan fingerprint density at radius 2 is 1.86 bits per heavy atom. The molecule has 5 nitrogen and oxygen atoms in total. The van der Waals surface area contributed by atoms with Gasteiger partial charge < -0.3 is 15.0 Å². The van der Waals surface area contributed by atoms with Gasteiger partial charge >= 0.3 is 6.09 Å². The first-order valence-electron chi connectivity index (χ1n) is 7.49. The molecule has 0 aliphatic carbocycles. The van der Waals surface area contributed by atoms with Crippen molar-refractivity contribution in [3.8, 4) is 0 Å². The highest BCUT2D eigenvalue weighted by Crippen LogP contribution is 2.32. The van der Waals surface area contributed by atoms with Gasteiger partial charge in [-0.2, -0.15) is 0 Å². The summed E-state index contributed by atoms with van der Waals surface area (Å²) < 4.78 is 34.0. The fourth-order valence-electron chi connectivity index (χ4n) is 2.85. The van der Waals surface area contributed by atoms with Gasteiger partial charge in [-0.05, 0) is 27.2 Å². The van der Waals surface area contributed by atoms with Gasteiger partial charge in [0.05, 0.1) is 12.6 Å². The lowest BCUT2D eigenvalue weighted by Gasteiger charge is -2.44. The predicted molar refractivity (Wildman–Crippen MR) is 75.6 cm³/mol. The Balaban J connectivity index is 1.97. The van der Waals surface area contributed by atoms with Crippen molar-refractivity contribution in [2.45, 2.75) is 44.8 Å². The van der Waals surface area contributed by atoms with Crippen LogP contribution >= 0.6 is 0 Å². The standard InChI is InChI=1S/C14H25F2N3O2/c1-13(2,3)21-12(20)19-7-4-11(14(15,16)10-19)18-8-5-17-6-9-18/h11,17H,4-10H2,1-3H3. The number of halogens is 2. The number of rotatable bonds is 1. The van der Waals surface area contributed by atoms with Gasteiger partial charge in [0.2, 0.25) is 0 Å². The normalized spacial score (nSPS) is 27.5. The molecule has 2 rings (SSSR count). The molecule has 0 aromatic carbocycles. The largest absolute Gasteiger partial charge is 0.444 e. The third-order valence-corrected chi connectivity index (χ3v) is 3.81. The minimum absolute atomic E-state index is 0.284. The van der Waals surface area contributed by atoms with Crippen LogP contribution in [0.15, 0.2) is 0 Å². The average molecular weight is 305 g/mol. The van der Waals surface area contributed by atoms with Gasteiger partial charge in [0.15, 0.2) is 0 Å². The third-order valence-electron chi connectivity index (χ3n) is 3.81.